The van der Waals surface area contributed by atoms with Crippen molar-refractivity contribution in [3.8, 4) is 11.3 Å². The Morgan fingerprint density at radius 1 is 1.07 bits per heavy atom. The van der Waals surface area contributed by atoms with E-state index in [9.17, 15) is 14.9 Å². The van der Waals surface area contributed by atoms with Gasteiger partial charge in [0.1, 0.15) is 17.1 Å². The highest BCUT2D eigenvalue weighted by Crippen LogP contribution is 2.31. The molecule has 0 saturated carbocycles. The number of halogens is 2. The first-order valence-corrected chi connectivity index (χ1v) is 9.23. The summed E-state index contributed by atoms with van der Waals surface area (Å²) in [4.78, 5) is 22.5. The average Bonchev–Trinajstić information content (AvgIpc) is 3.36. The summed E-state index contributed by atoms with van der Waals surface area (Å²) in [6, 6.07) is 13.8. The van der Waals surface area contributed by atoms with Gasteiger partial charge in [-0.2, -0.15) is 5.10 Å². The molecule has 30 heavy (non-hydrogen) atoms. The number of rotatable bonds is 5. The molecule has 0 saturated heterocycles. The van der Waals surface area contributed by atoms with Crippen LogP contribution in [0.3, 0.4) is 0 Å². The summed E-state index contributed by atoms with van der Waals surface area (Å²) >= 11 is 12.1. The van der Waals surface area contributed by atoms with Crippen molar-refractivity contribution in [1.82, 2.24) is 5.43 Å². The number of carbonyl (C=O) groups is 1. The van der Waals surface area contributed by atoms with E-state index in [0.717, 1.165) is 0 Å². The number of carbonyl (C=O) groups excluding carboxylic acids is 1. The third-order valence-electron chi connectivity index (χ3n) is 4.11. The Kier molecular flexibility index (Phi) is 5.26. The van der Waals surface area contributed by atoms with E-state index in [2.05, 4.69) is 10.5 Å². The van der Waals surface area contributed by atoms with Crippen molar-refractivity contribution in [2.24, 2.45) is 5.10 Å². The zero-order chi connectivity index (χ0) is 21.3. The van der Waals surface area contributed by atoms with Gasteiger partial charge in [-0.3, -0.25) is 14.9 Å². The second kappa shape index (κ2) is 8.02. The number of benzene rings is 2. The molecule has 2 aromatic carbocycles. The van der Waals surface area contributed by atoms with Gasteiger partial charge in [0.25, 0.3) is 5.69 Å². The van der Waals surface area contributed by atoms with Crippen molar-refractivity contribution in [3.63, 3.8) is 0 Å². The molecule has 150 valence electrons. The summed E-state index contributed by atoms with van der Waals surface area (Å²) in [5, 5.41) is 16.1. The third kappa shape index (κ3) is 4.05. The Hall–Kier alpha value is -3.62. The maximum Gasteiger partial charge on any atom is 0.307 e. The monoisotopic (exact) mass is 443 g/mol. The van der Waals surface area contributed by atoms with Crippen LogP contribution in [-0.4, -0.2) is 17.0 Å². The standard InChI is InChI=1S/C20H11Cl2N3O5/c21-12-1-4-16(22)15(9-12)18-6-3-14(29-18)10-23-24-20(26)19-8-11-7-13(25(27)28)2-5-17(11)30-19/h1-10H,(H,24,26)/b23-10-. The Morgan fingerprint density at radius 3 is 2.70 bits per heavy atom. The zero-order valence-corrected chi connectivity index (χ0v) is 16.5. The lowest BCUT2D eigenvalue weighted by atomic mass is 10.2. The number of furan rings is 2. The molecule has 1 N–H and O–H groups in total. The van der Waals surface area contributed by atoms with Gasteiger partial charge in [-0.1, -0.05) is 23.2 Å². The topological polar surface area (TPSA) is 111 Å². The SMILES string of the molecule is O=C(N/N=C\c1ccc(-c2cc(Cl)ccc2Cl)o1)c1cc2cc([N+](=O)[O-])ccc2o1. The zero-order valence-electron chi connectivity index (χ0n) is 15.0. The second-order valence-electron chi connectivity index (χ2n) is 6.12. The molecule has 0 aliphatic rings. The van der Waals surface area contributed by atoms with Crippen LogP contribution in [0.5, 0.6) is 0 Å². The van der Waals surface area contributed by atoms with Gasteiger partial charge in [-0.25, -0.2) is 5.43 Å². The smallest absolute Gasteiger partial charge is 0.307 e. The lowest BCUT2D eigenvalue weighted by Gasteiger charge is -2.00. The van der Waals surface area contributed by atoms with E-state index >= 15 is 0 Å². The van der Waals surface area contributed by atoms with Crippen LogP contribution in [0.15, 0.2) is 68.5 Å². The summed E-state index contributed by atoms with van der Waals surface area (Å²) in [6.07, 6.45) is 1.31. The molecule has 0 unspecified atom stereocenters. The number of non-ortho nitro benzene ring substituents is 1. The largest absolute Gasteiger partial charge is 0.455 e. The average molecular weight is 444 g/mol. The van der Waals surface area contributed by atoms with E-state index in [1.165, 1.54) is 30.5 Å². The molecule has 4 rings (SSSR count). The third-order valence-corrected chi connectivity index (χ3v) is 4.68. The number of nitrogens with one attached hydrogen (secondary N) is 1. The Morgan fingerprint density at radius 2 is 1.90 bits per heavy atom. The number of hydrogen-bond donors (Lipinski definition) is 1. The second-order valence-corrected chi connectivity index (χ2v) is 6.96. The maximum absolute atomic E-state index is 12.2. The van der Waals surface area contributed by atoms with Gasteiger partial charge in [-0.05, 0) is 42.5 Å². The first-order chi connectivity index (χ1) is 14.4. The lowest BCUT2D eigenvalue weighted by Crippen LogP contribution is -2.16. The van der Waals surface area contributed by atoms with Gasteiger partial charge >= 0.3 is 5.91 Å². The van der Waals surface area contributed by atoms with Crippen LogP contribution < -0.4 is 5.43 Å². The number of hydrogen-bond acceptors (Lipinski definition) is 6. The molecule has 0 atom stereocenters. The summed E-state index contributed by atoms with van der Waals surface area (Å²) in [6.45, 7) is 0. The van der Waals surface area contributed by atoms with E-state index in [0.29, 0.717) is 38.1 Å². The van der Waals surface area contributed by atoms with Gasteiger partial charge in [0.05, 0.1) is 16.2 Å². The minimum atomic E-state index is -0.616. The van der Waals surface area contributed by atoms with Crippen LogP contribution in [0.25, 0.3) is 22.3 Å². The molecule has 0 spiro atoms. The highest BCUT2D eigenvalue weighted by molar-refractivity contribution is 6.35. The van der Waals surface area contributed by atoms with Gasteiger partial charge in [-0.15, -0.1) is 0 Å². The molecule has 0 aliphatic carbocycles. The van der Waals surface area contributed by atoms with E-state index in [1.807, 2.05) is 0 Å². The summed E-state index contributed by atoms with van der Waals surface area (Å²) in [5.41, 5.74) is 3.20. The van der Waals surface area contributed by atoms with E-state index < -0.39 is 10.8 Å². The van der Waals surface area contributed by atoms with Gasteiger partial charge in [0.2, 0.25) is 0 Å². The van der Waals surface area contributed by atoms with Crippen LogP contribution >= 0.6 is 23.2 Å². The first-order valence-electron chi connectivity index (χ1n) is 8.47. The van der Waals surface area contributed by atoms with Crippen LogP contribution in [-0.2, 0) is 0 Å². The number of nitro benzene ring substituents is 1. The fourth-order valence-electron chi connectivity index (χ4n) is 2.72. The highest BCUT2D eigenvalue weighted by Gasteiger charge is 2.15. The molecule has 0 aliphatic heterocycles. The summed E-state index contributed by atoms with van der Waals surface area (Å²) < 4.78 is 11.0. The van der Waals surface area contributed by atoms with Crippen LogP contribution in [0, 0.1) is 10.1 Å². The van der Waals surface area contributed by atoms with Gasteiger partial charge < -0.3 is 8.83 Å². The molecule has 0 radical (unpaired) electrons. The molecule has 0 fully saturated rings. The van der Waals surface area contributed by atoms with Crippen molar-refractivity contribution < 1.29 is 18.6 Å². The predicted octanol–water partition coefficient (Wildman–Crippen LogP) is 5.67. The van der Waals surface area contributed by atoms with Crippen LogP contribution in [0.2, 0.25) is 10.0 Å². The fourth-order valence-corrected chi connectivity index (χ4v) is 3.10. The van der Waals surface area contributed by atoms with Crippen molar-refractivity contribution in [2.45, 2.75) is 0 Å². The van der Waals surface area contributed by atoms with Gasteiger partial charge in [0.15, 0.2) is 5.76 Å². The number of fused-ring (bicyclic) bond motifs is 1. The lowest BCUT2D eigenvalue weighted by molar-refractivity contribution is -0.384. The molecule has 1 amide bonds. The van der Waals surface area contributed by atoms with Gasteiger partial charge in [0, 0.05) is 28.1 Å². The Bertz CT molecular complexity index is 1310. The minimum Gasteiger partial charge on any atom is -0.455 e. The molecular weight excluding hydrogens is 433 g/mol. The van der Waals surface area contributed by atoms with Crippen LogP contribution in [0.4, 0.5) is 5.69 Å². The fraction of sp³-hybridized carbons (Fsp3) is 0. The number of nitrogens with zero attached hydrogens (tertiary/aromatic N) is 2. The Balaban J connectivity index is 1.46. The van der Waals surface area contributed by atoms with E-state index in [4.69, 9.17) is 32.0 Å². The molecule has 2 heterocycles. The van der Waals surface area contributed by atoms with Crippen molar-refractivity contribution >= 4 is 52.0 Å². The van der Waals surface area contributed by atoms with Crippen LogP contribution in [0.1, 0.15) is 16.3 Å². The predicted molar refractivity (Wildman–Crippen MR) is 112 cm³/mol. The minimum absolute atomic E-state index is 0.0338. The van der Waals surface area contributed by atoms with Crippen molar-refractivity contribution in [1.29, 1.82) is 0 Å². The molecule has 0 bridgehead atoms. The molecule has 8 nitrogen and oxygen atoms in total. The molecule has 4 aromatic rings. The highest BCUT2D eigenvalue weighted by atomic mass is 35.5. The number of amides is 1. The first kappa shape index (κ1) is 19.7. The summed E-state index contributed by atoms with van der Waals surface area (Å²) in [5.74, 6) is 0.221. The van der Waals surface area contributed by atoms with Crippen molar-refractivity contribution in [2.75, 3.05) is 0 Å². The number of nitro groups is 1. The van der Waals surface area contributed by atoms with E-state index in [1.54, 1.807) is 30.3 Å². The van der Waals surface area contributed by atoms with E-state index in [-0.39, 0.29) is 11.4 Å². The quantitative estimate of drug-likeness (QED) is 0.242. The maximum atomic E-state index is 12.2. The Labute approximate surface area is 178 Å². The normalized spacial score (nSPS) is 11.3. The molecular formula is C20H11Cl2N3O5. The molecule has 10 heteroatoms. The van der Waals surface area contributed by atoms with Crippen molar-refractivity contribution in [3.05, 3.63) is 86.3 Å². The summed E-state index contributed by atoms with van der Waals surface area (Å²) in [7, 11) is 0. The number of hydrazone groups is 1. The molecule has 2 aromatic heterocycles.